The van der Waals surface area contributed by atoms with Crippen LogP contribution < -0.4 is 5.32 Å². The summed E-state index contributed by atoms with van der Waals surface area (Å²) in [6, 6.07) is -0.658. The minimum Gasteiger partial charge on any atom is -0.480 e. The van der Waals surface area contributed by atoms with Gasteiger partial charge in [0.15, 0.2) is 0 Å². The molecule has 0 unspecified atom stereocenters. The first-order valence-electron chi connectivity index (χ1n) is 8.30. The number of nitrogens with zero attached hydrogens (tertiary/aromatic N) is 2. The van der Waals surface area contributed by atoms with Gasteiger partial charge in [0, 0.05) is 19.2 Å². The number of carbonyl (C=O) groups excluding carboxylic acids is 1. The molecular weight excluding hydrogens is 296 g/mol. The minimum atomic E-state index is -0.872. The Morgan fingerprint density at radius 3 is 2.83 bits per heavy atom. The smallest absolute Gasteiger partial charge is 0.326 e. The second-order valence-corrected chi connectivity index (χ2v) is 6.79. The van der Waals surface area contributed by atoms with Crippen molar-refractivity contribution in [1.29, 1.82) is 0 Å². The maximum absolute atomic E-state index is 12.5. The number of amides is 1. The van der Waals surface area contributed by atoms with E-state index < -0.39 is 12.0 Å². The highest BCUT2D eigenvalue weighted by Crippen LogP contribution is 2.42. The maximum atomic E-state index is 12.5. The van der Waals surface area contributed by atoms with Gasteiger partial charge in [-0.25, -0.2) is 4.79 Å². The maximum Gasteiger partial charge on any atom is 0.326 e. The zero-order valence-corrected chi connectivity index (χ0v) is 13.3. The second-order valence-electron chi connectivity index (χ2n) is 6.79. The number of carboxylic acid groups (broad SMARTS) is 1. The molecule has 0 radical (unpaired) electrons. The molecule has 126 valence electrons. The molecule has 1 atom stereocenters. The Labute approximate surface area is 135 Å². The van der Waals surface area contributed by atoms with Crippen LogP contribution in [0, 0.1) is 5.41 Å². The van der Waals surface area contributed by atoms with Gasteiger partial charge in [-0.2, -0.15) is 5.10 Å². The van der Waals surface area contributed by atoms with Gasteiger partial charge < -0.3 is 15.3 Å². The van der Waals surface area contributed by atoms with Crippen molar-refractivity contribution in [2.24, 2.45) is 5.41 Å². The van der Waals surface area contributed by atoms with Crippen molar-refractivity contribution in [2.45, 2.75) is 44.6 Å². The Bertz CT molecular complexity index is 552. The number of aliphatic carboxylic acids is 1. The molecule has 2 aliphatic heterocycles. The van der Waals surface area contributed by atoms with Crippen molar-refractivity contribution >= 4 is 11.9 Å². The minimum absolute atomic E-state index is 0.00543. The van der Waals surface area contributed by atoms with Gasteiger partial charge in [0.05, 0.1) is 6.20 Å². The Hall–Kier alpha value is -1.89. The van der Waals surface area contributed by atoms with Crippen molar-refractivity contribution in [3.05, 3.63) is 18.0 Å². The summed E-state index contributed by atoms with van der Waals surface area (Å²) < 4.78 is 0. The lowest BCUT2D eigenvalue weighted by atomic mass is 9.77. The molecule has 1 aromatic rings. The third-order valence-corrected chi connectivity index (χ3v) is 5.19. The summed E-state index contributed by atoms with van der Waals surface area (Å²) in [5, 5.41) is 19.5. The molecule has 0 bridgehead atoms. The molecule has 1 amide bonds. The topological polar surface area (TPSA) is 98.3 Å². The summed E-state index contributed by atoms with van der Waals surface area (Å²) in [6.45, 7) is 2.42. The monoisotopic (exact) mass is 320 g/mol. The number of carboxylic acids is 1. The van der Waals surface area contributed by atoms with Crippen molar-refractivity contribution in [1.82, 2.24) is 20.4 Å². The van der Waals surface area contributed by atoms with Crippen LogP contribution in [-0.4, -0.2) is 57.8 Å². The van der Waals surface area contributed by atoms with E-state index in [2.05, 4.69) is 15.5 Å². The summed E-state index contributed by atoms with van der Waals surface area (Å²) >= 11 is 0. The molecule has 23 heavy (non-hydrogen) atoms. The Morgan fingerprint density at radius 2 is 2.17 bits per heavy atom. The summed E-state index contributed by atoms with van der Waals surface area (Å²) in [6.07, 6.45) is 7.97. The normalized spacial score (nSPS) is 23.3. The molecule has 3 N–H and O–H groups in total. The summed E-state index contributed by atoms with van der Waals surface area (Å²) in [5.74, 6) is -0.903. The summed E-state index contributed by atoms with van der Waals surface area (Å²) in [5.41, 5.74) is 1.07. The highest BCUT2D eigenvalue weighted by Gasteiger charge is 2.48. The van der Waals surface area contributed by atoms with Gasteiger partial charge in [-0.05, 0) is 56.2 Å². The molecule has 2 aliphatic rings. The van der Waals surface area contributed by atoms with Crippen molar-refractivity contribution < 1.29 is 14.7 Å². The number of aryl methyl sites for hydroxylation is 1. The van der Waals surface area contributed by atoms with E-state index >= 15 is 0 Å². The molecule has 1 aromatic heterocycles. The van der Waals surface area contributed by atoms with E-state index in [1.54, 1.807) is 11.1 Å². The third-order valence-electron chi connectivity index (χ3n) is 5.19. The number of hydrogen-bond donors (Lipinski definition) is 3. The average molecular weight is 320 g/mol. The van der Waals surface area contributed by atoms with E-state index in [1.165, 1.54) is 0 Å². The van der Waals surface area contributed by atoms with Crippen LogP contribution in [0.5, 0.6) is 0 Å². The van der Waals surface area contributed by atoms with Gasteiger partial charge in [0.1, 0.15) is 6.04 Å². The molecule has 0 aliphatic carbocycles. The van der Waals surface area contributed by atoms with Crippen LogP contribution in [0.25, 0.3) is 0 Å². The lowest BCUT2D eigenvalue weighted by Crippen LogP contribution is -2.41. The summed E-state index contributed by atoms with van der Waals surface area (Å²) in [7, 11) is 0. The van der Waals surface area contributed by atoms with E-state index in [0.717, 1.165) is 44.3 Å². The zero-order chi connectivity index (χ0) is 16.3. The van der Waals surface area contributed by atoms with Crippen LogP contribution in [0.15, 0.2) is 12.4 Å². The fraction of sp³-hybridized carbons (Fsp3) is 0.688. The fourth-order valence-electron chi connectivity index (χ4n) is 3.86. The number of H-pyrrole nitrogens is 1. The highest BCUT2D eigenvalue weighted by atomic mass is 16.4. The molecule has 3 heterocycles. The fourth-order valence-corrected chi connectivity index (χ4v) is 3.86. The van der Waals surface area contributed by atoms with E-state index in [-0.39, 0.29) is 11.3 Å². The molecule has 0 aromatic carbocycles. The predicted octanol–water partition coefficient (Wildman–Crippen LogP) is 0.788. The summed E-state index contributed by atoms with van der Waals surface area (Å²) in [4.78, 5) is 25.7. The lowest BCUT2D eigenvalue weighted by molar-refractivity contribution is -0.148. The lowest BCUT2D eigenvalue weighted by Gasteiger charge is -2.33. The van der Waals surface area contributed by atoms with Crippen molar-refractivity contribution in [2.75, 3.05) is 19.6 Å². The molecule has 3 rings (SSSR count). The quantitative estimate of drug-likeness (QED) is 0.745. The van der Waals surface area contributed by atoms with Gasteiger partial charge in [-0.3, -0.25) is 9.89 Å². The van der Waals surface area contributed by atoms with E-state index in [9.17, 15) is 14.7 Å². The number of likely N-dealkylation sites (tertiary alicyclic amines) is 1. The standard InChI is InChI=1S/C16H24N4O3/c21-14(3-1-2-12-9-18-19-10-12)20-11-16(4-6-17-7-5-16)8-13(20)15(22)23/h9-10,13,17H,1-8,11H2,(H,18,19)(H,22,23)/t13-/m1/s1. The molecule has 2 fully saturated rings. The first-order valence-corrected chi connectivity index (χ1v) is 8.30. The molecule has 7 heteroatoms. The third kappa shape index (κ3) is 3.55. The number of hydrogen-bond acceptors (Lipinski definition) is 4. The van der Waals surface area contributed by atoms with Gasteiger partial charge >= 0.3 is 5.97 Å². The zero-order valence-electron chi connectivity index (χ0n) is 13.3. The van der Waals surface area contributed by atoms with Crippen LogP contribution in [0.1, 0.15) is 37.7 Å². The number of rotatable bonds is 5. The molecule has 0 saturated carbocycles. The molecule has 2 saturated heterocycles. The van der Waals surface area contributed by atoms with Crippen LogP contribution >= 0.6 is 0 Å². The SMILES string of the molecule is O=C(O)[C@H]1CC2(CCNCC2)CN1C(=O)CCCc1cn[nH]c1. The largest absolute Gasteiger partial charge is 0.480 e. The van der Waals surface area contributed by atoms with Gasteiger partial charge in [0.25, 0.3) is 0 Å². The van der Waals surface area contributed by atoms with Crippen LogP contribution in [0.3, 0.4) is 0 Å². The van der Waals surface area contributed by atoms with Crippen molar-refractivity contribution in [3.63, 3.8) is 0 Å². The highest BCUT2D eigenvalue weighted by molar-refractivity contribution is 5.84. The van der Waals surface area contributed by atoms with Crippen LogP contribution in [0.2, 0.25) is 0 Å². The van der Waals surface area contributed by atoms with E-state index in [4.69, 9.17) is 0 Å². The first kappa shape index (κ1) is 16.0. The number of aromatic amines is 1. The number of aromatic nitrogens is 2. The van der Waals surface area contributed by atoms with Gasteiger partial charge in [-0.15, -0.1) is 0 Å². The Morgan fingerprint density at radius 1 is 1.39 bits per heavy atom. The number of piperidine rings is 1. The van der Waals surface area contributed by atoms with Crippen LogP contribution in [0.4, 0.5) is 0 Å². The molecule has 7 nitrogen and oxygen atoms in total. The van der Waals surface area contributed by atoms with Gasteiger partial charge in [0.2, 0.25) is 5.91 Å². The number of nitrogens with one attached hydrogen (secondary N) is 2. The molecule has 1 spiro atoms. The van der Waals surface area contributed by atoms with Gasteiger partial charge in [-0.1, -0.05) is 0 Å². The average Bonchev–Trinajstić information content (AvgIpc) is 3.16. The van der Waals surface area contributed by atoms with Crippen molar-refractivity contribution in [3.8, 4) is 0 Å². The van der Waals surface area contributed by atoms with E-state index in [0.29, 0.717) is 19.4 Å². The van der Waals surface area contributed by atoms with Crippen LogP contribution in [-0.2, 0) is 16.0 Å². The molecular formula is C16H24N4O3. The Kier molecular flexibility index (Phi) is 4.66. The first-order chi connectivity index (χ1) is 11.1. The number of carbonyl (C=O) groups is 2. The second kappa shape index (κ2) is 6.70. The predicted molar refractivity (Wildman–Crippen MR) is 83.8 cm³/mol. The van der Waals surface area contributed by atoms with E-state index in [1.807, 2.05) is 6.20 Å². The Balaban J connectivity index is 1.59.